The minimum Gasteiger partial charge on any atom is -0.316 e. The highest BCUT2D eigenvalue weighted by atomic mass is 14.9. The highest BCUT2D eigenvalue weighted by Gasteiger charge is 2.32. The number of hydrogen-bond acceptors (Lipinski definition) is 1. The van der Waals surface area contributed by atoms with E-state index < -0.39 is 0 Å². The second kappa shape index (κ2) is 5.01. The van der Waals surface area contributed by atoms with E-state index in [1.54, 1.807) is 0 Å². The first-order valence-corrected chi connectivity index (χ1v) is 6.43. The first-order chi connectivity index (χ1) is 7.70. The van der Waals surface area contributed by atoms with E-state index in [2.05, 4.69) is 50.5 Å². The second-order valence-electron chi connectivity index (χ2n) is 5.28. The summed E-state index contributed by atoms with van der Waals surface area (Å²) in [5, 5.41) is 3.49. The van der Waals surface area contributed by atoms with E-state index in [1.807, 2.05) is 0 Å². The Labute approximate surface area is 99.3 Å². The van der Waals surface area contributed by atoms with Crippen molar-refractivity contribution < 1.29 is 0 Å². The second-order valence-corrected chi connectivity index (χ2v) is 5.28. The molecule has 1 saturated carbocycles. The summed E-state index contributed by atoms with van der Waals surface area (Å²) < 4.78 is 0. The minimum absolute atomic E-state index is 0.634. The van der Waals surface area contributed by atoms with Crippen molar-refractivity contribution in [1.29, 1.82) is 0 Å². The Morgan fingerprint density at radius 3 is 2.69 bits per heavy atom. The molecule has 0 radical (unpaired) electrons. The van der Waals surface area contributed by atoms with Crippen molar-refractivity contribution >= 4 is 0 Å². The van der Waals surface area contributed by atoms with Crippen molar-refractivity contribution in [2.75, 3.05) is 7.05 Å². The molecule has 0 aliphatic heterocycles. The highest BCUT2D eigenvalue weighted by molar-refractivity contribution is 5.23. The summed E-state index contributed by atoms with van der Waals surface area (Å²) in [5.74, 6) is 1.78. The fourth-order valence-corrected chi connectivity index (χ4v) is 2.59. The van der Waals surface area contributed by atoms with E-state index in [-0.39, 0.29) is 0 Å². The van der Waals surface area contributed by atoms with Gasteiger partial charge in [0.05, 0.1) is 0 Å². The lowest BCUT2D eigenvalue weighted by Gasteiger charge is -2.23. The van der Waals surface area contributed by atoms with Crippen LogP contribution in [-0.2, 0) is 6.42 Å². The van der Waals surface area contributed by atoms with Gasteiger partial charge >= 0.3 is 0 Å². The third kappa shape index (κ3) is 2.85. The smallest absolute Gasteiger partial charge is 0.0133 e. The Hall–Kier alpha value is -0.820. The van der Waals surface area contributed by atoms with Crippen LogP contribution in [0.4, 0.5) is 0 Å². The normalized spacial score (nSPS) is 19.4. The molecule has 0 saturated heterocycles. The van der Waals surface area contributed by atoms with Crippen molar-refractivity contribution in [3.05, 3.63) is 35.4 Å². The maximum absolute atomic E-state index is 3.49. The summed E-state index contributed by atoms with van der Waals surface area (Å²) in [5.41, 5.74) is 2.83. The largest absolute Gasteiger partial charge is 0.316 e. The van der Waals surface area contributed by atoms with Gasteiger partial charge in [-0.15, -0.1) is 0 Å². The Morgan fingerprint density at radius 1 is 1.38 bits per heavy atom. The van der Waals surface area contributed by atoms with Crippen molar-refractivity contribution in [3.8, 4) is 0 Å². The number of rotatable bonds is 5. The van der Waals surface area contributed by atoms with Gasteiger partial charge in [-0.3, -0.25) is 0 Å². The van der Waals surface area contributed by atoms with Crippen LogP contribution in [0.25, 0.3) is 0 Å². The third-order valence-corrected chi connectivity index (χ3v) is 3.91. The molecule has 1 aromatic rings. The van der Waals surface area contributed by atoms with Crippen LogP contribution in [0.5, 0.6) is 0 Å². The quantitative estimate of drug-likeness (QED) is 0.799. The molecule has 1 nitrogen and oxygen atoms in total. The van der Waals surface area contributed by atoms with Crippen LogP contribution in [0.1, 0.15) is 30.9 Å². The Kier molecular flexibility index (Phi) is 3.65. The lowest BCUT2D eigenvalue weighted by atomic mass is 9.91. The lowest BCUT2D eigenvalue weighted by molar-refractivity contribution is 0.357. The number of benzene rings is 1. The molecule has 1 aromatic carbocycles. The van der Waals surface area contributed by atoms with E-state index >= 15 is 0 Å². The average molecular weight is 217 g/mol. The molecular weight excluding hydrogens is 194 g/mol. The third-order valence-electron chi connectivity index (χ3n) is 3.91. The van der Waals surface area contributed by atoms with Gasteiger partial charge < -0.3 is 5.32 Å². The van der Waals surface area contributed by atoms with E-state index in [4.69, 9.17) is 0 Å². The van der Waals surface area contributed by atoms with E-state index in [0.717, 1.165) is 18.3 Å². The van der Waals surface area contributed by atoms with Crippen LogP contribution in [0.3, 0.4) is 0 Å². The van der Waals surface area contributed by atoms with Gasteiger partial charge in [0.15, 0.2) is 0 Å². The molecule has 0 heterocycles. The molecule has 0 bridgehead atoms. The number of nitrogens with one attached hydrogen (secondary N) is 1. The maximum Gasteiger partial charge on any atom is 0.0133 e. The van der Waals surface area contributed by atoms with Crippen molar-refractivity contribution in [1.82, 2.24) is 5.32 Å². The van der Waals surface area contributed by atoms with Crippen LogP contribution in [0.15, 0.2) is 24.3 Å². The molecule has 0 spiro atoms. The monoisotopic (exact) mass is 217 g/mol. The lowest BCUT2D eigenvalue weighted by Crippen LogP contribution is -2.35. The molecular formula is C15H23N. The van der Waals surface area contributed by atoms with E-state index in [0.29, 0.717) is 6.04 Å². The van der Waals surface area contributed by atoms with E-state index in [9.17, 15) is 0 Å². The molecule has 2 rings (SSSR count). The Balaban J connectivity index is 2.00. The number of hydrogen-bond donors (Lipinski definition) is 1. The van der Waals surface area contributed by atoms with Gasteiger partial charge in [-0.05, 0) is 50.6 Å². The van der Waals surface area contributed by atoms with Gasteiger partial charge in [-0.1, -0.05) is 36.8 Å². The summed E-state index contributed by atoms with van der Waals surface area (Å²) in [4.78, 5) is 0. The topological polar surface area (TPSA) is 12.0 Å². The summed E-state index contributed by atoms with van der Waals surface area (Å²) in [7, 11) is 2.10. The summed E-state index contributed by atoms with van der Waals surface area (Å²) in [6.07, 6.45) is 4.04. The Morgan fingerprint density at radius 2 is 2.12 bits per heavy atom. The van der Waals surface area contributed by atoms with Gasteiger partial charge in [-0.2, -0.15) is 0 Å². The molecule has 16 heavy (non-hydrogen) atoms. The summed E-state index contributed by atoms with van der Waals surface area (Å²) in [6.45, 7) is 4.57. The van der Waals surface area contributed by atoms with Gasteiger partial charge in [0.2, 0.25) is 0 Å². The van der Waals surface area contributed by atoms with E-state index in [1.165, 1.54) is 24.0 Å². The van der Waals surface area contributed by atoms with Crippen LogP contribution < -0.4 is 5.32 Å². The Bertz CT molecular complexity index is 341. The predicted octanol–water partition coefficient (Wildman–Crippen LogP) is 3.17. The summed E-state index contributed by atoms with van der Waals surface area (Å²) >= 11 is 0. The van der Waals surface area contributed by atoms with Crippen LogP contribution in [0.2, 0.25) is 0 Å². The molecule has 0 aromatic heterocycles. The molecule has 1 N–H and O–H groups in total. The van der Waals surface area contributed by atoms with Gasteiger partial charge in [-0.25, -0.2) is 0 Å². The van der Waals surface area contributed by atoms with Crippen LogP contribution in [0, 0.1) is 18.8 Å². The zero-order chi connectivity index (χ0) is 11.5. The van der Waals surface area contributed by atoms with Gasteiger partial charge in [0.25, 0.3) is 0 Å². The van der Waals surface area contributed by atoms with Crippen molar-refractivity contribution in [2.45, 2.75) is 39.2 Å². The first kappa shape index (κ1) is 11.7. The summed E-state index contributed by atoms with van der Waals surface area (Å²) in [6, 6.07) is 9.52. The molecule has 0 amide bonds. The standard InChI is InChI=1S/C15H23N/c1-11-5-4-6-13(9-11)10-15(16-3)12(2)14-7-8-14/h4-6,9,12,14-16H,7-8,10H2,1-3H3. The molecule has 88 valence electrons. The number of likely N-dealkylation sites (N-methyl/N-ethyl adjacent to an activating group) is 1. The SMILES string of the molecule is CNC(Cc1cccc(C)c1)C(C)C1CC1. The van der Waals surface area contributed by atoms with Gasteiger partial charge in [0.1, 0.15) is 0 Å². The van der Waals surface area contributed by atoms with Crippen molar-refractivity contribution in [2.24, 2.45) is 11.8 Å². The average Bonchev–Trinajstić information content (AvgIpc) is 3.09. The first-order valence-electron chi connectivity index (χ1n) is 6.43. The zero-order valence-electron chi connectivity index (χ0n) is 10.7. The van der Waals surface area contributed by atoms with Crippen LogP contribution in [-0.4, -0.2) is 13.1 Å². The maximum atomic E-state index is 3.49. The molecule has 2 unspecified atom stereocenters. The molecule has 2 atom stereocenters. The highest BCUT2D eigenvalue weighted by Crippen LogP contribution is 2.38. The molecule has 1 heteroatoms. The van der Waals surface area contributed by atoms with Gasteiger partial charge in [0, 0.05) is 6.04 Å². The number of aryl methyl sites for hydroxylation is 1. The predicted molar refractivity (Wildman–Crippen MR) is 69.6 cm³/mol. The van der Waals surface area contributed by atoms with Crippen LogP contribution >= 0.6 is 0 Å². The fourth-order valence-electron chi connectivity index (χ4n) is 2.59. The fraction of sp³-hybridized carbons (Fsp3) is 0.600. The molecule has 1 fully saturated rings. The zero-order valence-corrected chi connectivity index (χ0v) is 10.7. The minimum atomic E-state index is 0.634. The molecule has 1 aliphatic rings. The molecule has 1 aliphatic carbocycles. The van der Waals surface area contributed by atoms with Crippen molar-refractivity contribution in [3.63, 3.8) is 0 Å².